The van der Waals surface area contributed by atoms with Gasteiger partial charge in [-0.2, -0.15) is 5.10 Å². The first kappa shape index (κ1) is 17.4. The number of oxazole rings is 1. The summed E-state index contributed by atoms with van der Waals surface area (Å²) >= 11 is 5.34. The fraction of sp³-hybridized carbons (Fsp3) is 0.190. The van der Waals surface area contributed by atoms with Gasteiger partial charge in [-0.15, -0.1) is 0 Å². The summed E-state index contributed by atoms with van der Waals surface area (Å²) in [6.07, 6.45) is 5.36. The molecule has 0 bridgehead atoms. The van der Waals surface area contributed by atoms with Gasteiger partial charge in [0.2, 0.25) is 0 Å². The second-order valence-electron chi connectivity index (χ2n) is 6.45. The van der Waals surface area contributed by atoms with Crippen molar-refractivity contribution in [3.05, 3.63) is 83.7 Å². The van der Waals surface area contributed by atoms with Crippen molar-refractivity contribution in [3.8, 4) is 0 Å². The third-order valence-electron chi connectivity index (χ3n) is 4.62. The van der Waals surface area contributed by atoms with Gasteiger partial charge in [0, 0.05) is 17.0 Å². The molecular weight excluding hydrogens is 356 g/mol. The standard InChI is InChI=1S/C21H20N4OS/c27-21(23-20-22-14-18(26-20)15-12-7-13-15)25-24-19(16-8-3-1-4-9-16)17-10-5-2-6-11-17/h1-6,8-11,14-15H,7,12-13H2,(H2,22,23,25,27). The van der Waals surface area contributed by atoms with Crippen LogP contribution in [0.4, 0.5) is 6.01 Å². The molecule has 0 unspecified atom stereocenters. The van der Waals surface area contributed by atoms with Crippen molar-refractivity contribution in [3.63, 3.8) is 0 Å². The smallest absolute Gasteiger partial charge is 0.301 e. The van der Waals surface area contributed by atoms with E-state index in [1.165, 1.54) is 19.3 Å². The van der Waals surface area contributed by atoms with Gasteiger partial charge in [-0.3, -0.25) is 10.7 Å². The number of hydrogen-bond acceptors (Lipinski definition) is 4. The SMILES string of the molecule is S=C(NN=C(c1ccccc1)c1ccccc1)Nc1ncc(C2CCC2)o1. The maximum atomic E-state index is 5.74. The van der Waals surface area contributed by atoms with Gasteiger partial charge >= 0.3 is 6.01 Å². The molecule has 27 heavy (non-hydrogen) atoms. The van der Waals surface area contributed by atoms with Crippen molar-refractivity contribution in [1.82, 2.24) is 10.4 Å². The summed E-state index contributed by atoms with van der Waals surface area (Å²) in [6, 6.07) is 20.4. The van der Waals surface area contributed by atoms with Gasteiger partial charge in [-0.25, -0.2) is 4.98 Å². The van der Waals surface area contributed by atoms with Gasteiger partial charge in [0.25, 0.3) is 0 Å². The molecular formula is C21H20N4OS. The van der Waals surface area contributed by atoms with E-state index in [1.807, 2.05) is 60.7 Å². The Balaban J connectivity index is 1.48. The Hall–Kier alpha value is -2.99. The maximum Gasteiger partial charge on any atom is 0.301 e. The minimum atomic E-state index is 0.335. The summed E-state index contributed by atoms with van der Waals surface area (Å²) in [5, 5.41) is 7.82. The lowest BCUT2D eigenvalue weighted by molar-refractivity contribution is 0.351. The molecule has 0 radical (unpaired) electrons. The highest BCUT2D eigenvalue weighted by molar-refractivity contribution is 7.80. The van der Waals surface area contributed by atoms with Gasteiger partial charge in [0.15, 0.2) is 5.11 Å². The van der Waals surface area contributed by atoms with Crippen LogP contribution in [-0.4, -0.2) is 15.8 Å². The van der Waals surface area contributed by atoms with Crippen molar-refractivity contribution in [2.24, 2.45) is 5.10 Å². The van der Waals surface area contributed by atoms with Crippen LogP contribution < -0.4 is 10.7 Å². The van der Waals surface area contributed by atoms with Gasteiger partial charge in [-0.05, 0) is 25.1 Å². The highest BCUT2D eigenvalue weighted by atomic mass is 32.1. The number of anilines is 1. The first-order chi connectivity index (χ1) is 13.3. The predicted octanol–water partition coefficient (Wildman–Crippen LogP) is 4.68. The normalized spacial score (nSPS) is 13.5. The van der Waals surface area contributed by atoms with Crippen molar-refractivity contribution in [2.45, 2.75) is 25.2 Å². The summed E-state index contributed by atoms with van der Waals surface area (Å²) in [4.78, 5) is 4.25. The largest absolute Gasteiger partial charge is 0.428 e. The molecule has 0 atom stereocenters. The molecule has 3 aromatic rings. The Morgan fingerprint density at radius 2 is 1.63 bits per heavy atom. The number of thiocarbonyl (C=S) groups is 1. The molecule has 1 aliphatic rings. The van der Waals surface area contributed by atoms with Crippen molar-refractivity contribution in [1.29, 1.82) is 0 Å². The van der Waals surface area contributed by atoms with Crippen LogP contribution in [-0.2, 0) is 0 Å². The number of hydrogen-bond donors (Lipinski definition) is 2. The first-order valence-corrected chi connectivity index (χ1v) is 9.41. The predicted molar refractivity (Wildman–Crippen MR) is 111 cm³/mol. The first-order valence-electron chi connectivity index (χ1n) is 9.01. The van der Waals surface area contributed by atoms with Crippen LogP contribution in [0.1, 0.15) is 42.1 Å². The molecule has 5 nitrogen and oxygen atoms in total. The van der Waals surface area contributed by atoms with Crippen LogP contribution in [0.25, 0.3) is 0 Å². The van der Waals surface area contributed by atoms with Crippen LogP contribution >= 0.6 is 12.2 Å². The molecule has 1 heterocycles. The number of benzene rings is 2. The van der Waals surface area contributed by atoms with E-state index in [0.717, 1.165) is 22.6 Å². The third-order valence-corrected chi connectivity index (χ3v) is 4.81. The lowest BCUT2D eigenvalue weighted by Crippen LogP contribution is -2.25. The zero-order valence-electron chi connectivity index (χ0n) is 14.8. The van der Waals surface area contributed by atoms with Gasteiger partial charge in [0.05, 0.1) is 11.9 Å². The number of rotatable bonds is 5. The van der Waals surface area contributed by atoms with E-state index in [-0.39, 0.29) is 0 Å². The fourth-order valence-corrected chi connectivity index (χ4v) is 3.08. The molecule has 136 valence electrons. The molecule has 1 saturated carbocycles. The molecule has 0 aliphatic heterocycles. The number of nitrogens with zero attached hydrogens (tertiary/aromatic N) is 2. The second-order valence-corrected chi connectivity index (χ2v) is 6.86. The molecule has 0 amide bonds. The highest BCUT2D eigenvalue weighted by Crippen LogP contribution is 2.37. The zero-order valence-corrected chi connectivity index (χ0v) is 15.6. The lowest BCUT2D eigenvalue weighted by Gasteiger charge is -2.22. The van der Waals surface area contributed by atoms with E-state index in [9.17, 15) is 0 Å². The molecule has 1 aromatic heterocycles. The Kier molecular flexibility index (Phi) is 5.25. The highest BCUT2D eigenvalue weighted by Gasteiger charge is 2.23. The van der Waals surface area contributed by atoms with Crippen LogP contribution in [0.3, 0.4) is 0 Å². The van der Waals surface area contributed by atoms with E-state index < -0.39 is 0 Å². The number of hydrazone groups is 1. The molecule has 1 aliphatic carbocycles. The minimum Gasteiger partial charge on any atom is -0.428 e. The minimum absolute atomic E-state index is 0.335. The van der Waals surface area contributed by atoms with Crippen LogP contribution in [0.15, 0.2) is 76.4 Å². The van der Waals surface area contributed by atoms with Crippen LogP contribution in [0.2, 0.25) is 0 Å². The van der Waals surface area contributed by atoms with Crippen LogP contribution in [0.5, 0.6) is 0 Å². The lowest BCUT2D eigenvalue weighted by atomic mass is 9.84. The van der Waals surface area contributed by atoms with E-state index in [1.54, 1.807) is 6.20 Å². The summed E-state index contributed by atoms with van der Waals surface area (Å²) in [6.45, 7) is 0. The third kappa shape index (κ3) is 4.23. The molecule has 0 spiro atoms. The van der Waals surface area contributed by atoms with Crippen LogP contribution in [0, 0.1) is 0 Å². The Morgan fingerprint density at radius 3 is 2.19 bits per heavy atom. The quantitative estimate of drug-likeness (QED) is 0.385. The van der Waals surface area contributed by atoms with Crippen molar-refractivity contribution in [2.75, 3.05) is 5.32 Å². The molecule has 4 rings (SSSR count). The number of nitrogens with one attached hydrogen (secondary N) is 2. The molecule has 0 saturated heterocycles. The van der Waals surface area contributed by atoms with E-state index in [2.05, 4.69) is 20.8 Å². The van der Waals surface area contributed by atoms with Crippen molar-refractivity contribution < 1.29 is 4.42 Å². The molecule has 2 aromatic carbocycles. The summed E-state index contributed by atoms with van der Waals surface area (Å²) in [7, 11) is 0. The summed E-state index contributed by atoms with van der Waals surface area (Å²) in [5.74, 6) is 1.42. The number of aromatic nitrogens is 1. The van der Waals surface area contributed by atoms with E-state index in [4.69, 9.17) is 16.6 Å². The Labute approximate surface area is 163 Å². The van der Waals surface area contributed by atoms with Gasteiger partial charge in [0.1, 0.15) is 5.76 Å². The monoisotopic (exact) mass is 376 g/mol. The average molecular weight is 376 g/mol. The summed E-state index contributed by atoms with van der Waals surface area (Å²) < 4.78 is 5.74. The van der Waals surface area contributed by atoms with Crippen molar-refractivity contribution >= 4 is 29.1 Å². The summed E-state index contributed by atoms with van der Waals surface area (Å²) in [5.41, 5.74) is 5.72. The van der Waals surface area contributed by atoms with Gasteiger partial charge in [-0.1, -0.05) is 67.1 Å². The van der Waals surface area contributed by atoms with E-state index >= 15 is 0 Å². The Morgan fingerprint density at radius 1 is 1.00 bits per heavy atom. The fourth-order valence-electron chi connectivity index (χ4n) is 2.95. The molecule has 2 N–H and O–H groups in total. The van der Waals surface area contributed by atoms with E-state index in [0.29, 0.717) is 17.0 Å². The zero-order chi connectivity index (χ0) is 18.5. The second kappa shape index (κ2) is 8.14. The molecule has 1 fully saturated rings. The topological polar surface area (TPSA) is 62.5 Å². The maximum absolute atomic E-state index is 5.74. The molecule has 6 heteroatoms. The van der Waals surface area contributed by atoms with Gasteiger partial charge < -0.3 is 4.42 Å². The Bertz CT molecular complexity index is 892. The average Bonchev–Trinajstić information content (AvgIpc) is 3.10.